The second-order valence-electron chi connectivity index (χ2n) is 3.70. The molecule has 0 fully saturated rings. The van der Waals surface area contributed by atoms with E-state index in [2.05, 4.69) is 31.3 Å². The van der Waals surface area contributed by atoms with Gasteiger partial charge in [-0.05, 0) is 31.5 Å². The van der Waals surface area contributed by atoms with Crippen LogP contribution in [0.15, 0.2) is 18.2 Å². The summed E-state index contributed by atoms with van der Waals surface area (Å²) in [6, 6.07) is 6.31. The first-order chi connectivity index (χ1) is 6.69. The fourth-order valence-electron chi connectivity index (χ4n) is 1.66. The molecule has 0 aromatic heterocycles. The average molecular weight is 193 g/mol. The smallest absolute Gasteiger partial charge is 0.122 e. The number of methoxy groups -OCH3 is 1. The summed E-state index contributed by atoms with van der Waals surface area (Å²) in [7, 11) is 3.69. The lowest BCUT2D eigenvalue weighted by Gasteiger charge is -2.15. The van der Waals surface area contributed by atoms with Gasteiger partial charge in [-0.1, -0.05) is 24.6 Å². The maximum atomic E-state index is 5.34. The lowest BCUT2D eigenvalue weighted by Crippen LogP contribution is -2.15. The van der Waals surface area contributed by atoms with E-state index in [-0.39, 0.29) is 0 Å². The minimum atomic E-state index is 0.481. The summed E-state index contributed by atoms with van der Waals surface area (Å²) in [4.78, 5) is 0. The molecule has 14 heavy (non-hydrogen) atoms. The lowest BCUT2D eigenvalue weighted by molar-refractivity contribution is 0.405. The van der Waals surface area contributed by atoms with Crippen LogP contribution in [0.4, 0.5) is 0 Å². The fourth-order valence-corrected chi connectivity index (χ4v) is 1.66. The highest BCUT2D eigenvalue weighted by Gasteiger charge is 2.10. The van der Waals surface area contributed by atoms with E-state index < -0.39 is 0 Å². The Hall–Kier alpha value is -1.02. The molecule has 1 atom stereocenters. The molecule has 1 aromatic carbocycles. The minimum absolute atomic E-state index is 0.481. The first-order valence-corrected chi connectivity index (χ1v) is 4.98. The largest absolute Gasteiger partial charge is 0.496 e. The summed E-state index contributed by atoms with van der Waals surface area (Å²) in [6.07, 6.45) is 0. The van der Waals surface area contributed by atoms with Gasteiger partial charge in [0.15, 0.2) is 0 Å². The van der Waals surface area contributed by atoms with Crippen LogP contribution in [0, 0.1) is 6.92 Å². The van der Waals surface area contributed by atoms with Crippen LogP contribution >= 0.6 is 0 Å². The number of hydrogen-bond acceptors (Lipinski definition) is 2. The second-order valence-corrected chi connectivity index (χ2v) is 3.70. The summed E-state index contributed by atoms with van der Waals surface area (Å²) in [6.45, 7) is 5.28. The Morgan fingerprint density at radius 2 is 2.14 bits per heavy atom. The van der Waals surface area contributed by atoms with E-state index in [0.717, 1.165) is 12.3 Å². The molecule has 0 amide bonds. The maximum Gasteiger partial charge on any atom is 0.122 e. The molecule has 0 aliphatic rings. The SMILES string of the molecule is CNCC(C)c1cc(C)ccc1OC. The van der Waals surface area contributed by atoms with E-state index in [4.69, 9.17) is 4.74 Å². The number of aryl methyl sites for hydroxylation is 1. The molecule has 0 bridgehead atoms. The molecule has 0 saturated carbocycles. The minimum Gasteiger partial charge on any atom is -0.496 e. The molecule has 1 unspecified atom stereocenters. The van der Waals surface area contributed by atoms with Crippen molar-refractivity contribution in [2.45, 2.75) is 19.8 Å². The van der Waals surface area contributed by atoms with E-state index in [1.165, 1.54) is 11.1 Å². The van der Waals surface area contributed by atoms with Crippen LogP contribution < -0.4 is 10.1 Å². The quantitative estimate of drug-likeness (QED) is 0.792. The third kappa shape index (κ3) is 2.48. The molecule has 0 saturated heterocycles. The van der Waals surface area contributed by atoms with Crippen LogP contribution in [0.25, 0.3) is 0 Å². The van der Waals surface area contributed by atoms with Crippen molar-refractivity contribution in [1.29, 1.82) is 0 Å². The fraction of sp³-hybridized carbons (Fsp3) is 0.500. The van der Waals surface area contributed by atoms with Gasteiger partial charge in [-0.3, -0.25) is 0 Å². The van der Waals surface area contributed by atoms with Crippen molar-refractivity contribution in [2.75, 3.05) is 20.7 Å². The van der Waals surface area contributed by atoms with Gasteiger partial charge in [0.1, 0.15) is 5.75 Å². The predicted molar refractivity (Wildman–Crippen MR) is 60.1 cm³/mol. The highest BCUT2D eigenvalue weighted by molar-refractivity contribution is 5.39. The van der Waals surface area contributed by atoms with Crippen molar-refractivity contribution in [3.63, 3.8) is 0 Å². The average Bonchev–Trinajstić information content (AvgIpc) is 2.18. The van der Waals surface area contributed by atoms with E-state index in [0.29, 0.717) is 5.92 Å². The van der Waals surface area contributed by atoms with Crippen molar-refractivity contribution in [2.24, 2.45) is 0 Å². The van der Waals surface area contributed by atoms with Crippen LogP contribution in [0.3, 0.4) is 0 Å². The van der Waals surface area contributed by atoms with E-state index in [9.17, 15) is 0 Å². The number of nitrogens with one attached hydrogen (secondary N) is 1. The molecule has 0 heterocycles. The van der Waals surface area contributed by atoms with E-state index >= 15 is 0 Å². The summed E-state index contributed by atoms with van der Waals surface area (Å²) in [5.41, 5.74) is 2.56. The first kappa shape index (κ1) is 11.1. The Labute approximate surface area is 86.3 Å². The van der Waals surface area contributed by atoms with Gasteiger partial charge in [-0.25, -0.2) is 0 Å². The van der Waals surface area contributed by atoms with Gasteiger partial charge in [0.05, 0.1) is 7.11 Å². The molecule has 0 aliphatic carbocycles. The number of hydrogen-bond donors (Lipinski definition) is 1. The third-order valence-electron chi connectivity index (χ3n) is 2.43. The van der Waals surface area contributed by atoms with Gasteiger partial charge in [0.2, 0.25) is 0 Å². The summed E-state index contributed by atoms with van der Waals surface area (Å²) < 4.78 is 5.34. The first-order valence-electron chi connectivity index (χ1n) is 4.98. The predicted octanol–water partition coefficient (Wildman–Crippen LogP) is 2.33. The Morgan fingerprint density at radius 1 is 1.43 bits per heavy atom. The van der Waals surface area contributed by atoms with Crippen LogP contribution in [0.1, 0.15) is 24.0 Å². The van der Waals surface area contributed by atoms with E-state index in [1.807, 2.05) is 13.1 Å². The molecule has 1 N–H and O–H groups in total. The zero-order valence-corrected chi connectivity index (χ0v) is 9.42. The monoisotopic (exact) mass is 193 g/mol. The molecule has 1 aromatic rings. The Morgan fingerprint density at radius 3 is 2.71 bits per heavy atom. The normalized spacial score (nSPS) is 12.6. The van der Waals surface area contributed by atoms with Gasteiger partial charge in [-0.2, -0.15) is 0 Å². The zero-order valence-electron chi connectivity index (χ0n) is 9.42. The second kappa shape index (κ2) is 5.01. The molecule has 0 aliphatic heterocycles. The highest BCUT2D eigenvalue weighted by Crippen LogP contribution is 2.26. The van der Waals surface area contributed by atoms with Crippen LogP contribution in [0.5, 0.6) is 5.75 Å². The van der Waals surface area contributed by atoms with Crippen molar-refractivity contribution in [3.8, 4) is 5.75 Å². The van der Waals surface area contributed by atoms with Crippen molar-refractivity contribution < 1.29 is 4.74 Å². The van der Waals surface area contributed by atoms with Crippen LogP contribution in [-0.4, -0.2) is 20.7 Å². The zero-order chi connectivity index (χ0) is 10.6. The maximum absolute atomic E-state index is 5.34. The number of likely N-dealkylation sites (N-methyl/N-ethyl adjacent to an activating group) is 1. The van der Waals surface area contributed by atoms with Crippen molar-refractivity contribution in [1.82, 2.24) is 5.32 Å². The molecule has 78 valence electrons. The Balaban J connectivity index is 2.97. The Kier molecular flexibility index (Phi) is 3.96. The molecule has 1 rings (SSSR count). The van der Waals surface area contributed by atoms with Crippen LogP contribution in [0.2, 0.25) is 0 Å². The topological polar surface area (TPSA) is 21.3 Å². The van der Waals surface area contributed by atoms with Crippen molar-refractivity contribution >= 4 is 0 Å². The summed E-state index contributed by atoms with van der Waals surface area (Å²) in [5, 5.41) is 3.18. The standard InChI is InChI=1S/C12H19NO/c1-9-5-6-12(14-4)11(7-9)10(2)8-13-3/h5-7,10,13H,8H2,1-4H3. The van der Waals surface area contributed by atoms with Gasteiger partial charge in [0, 0.05) is 6.54 Å². The molecule has 0 spiro atoms. The molecule has 2 nitrogen and oxygen atoms in total. The highest BCUT2D eigenvalue weighted by atomic mass is 16.5. The van der Waals surface area contributed by atoms with Gasteiger partial charge in [0.25, 0.3) is 0 Å². The lowest BCUT2D eigenvalue weighted by atomic mass is 9.98. The third-order valence-corrected chi connectivity index (χ3v) is 2.43. The van der Waals surface area contributed by atoms with Gasteiger partial charge >= 0.3 is 0 Å². The van der Waals surface area contributed by atoms with Gasteiger partial charge < -0.3 is 10.1 Å². The van der Waals surface area contributed by atoms with Crippen molar-refractivity contribution in [3.05, 3.63) is 29.3 Å². The molecule has 2 heteroatoms. The number of benzene rings is 1. The number of ether oxygens (including phenoxy) is 1. The van der Waals surface area contributed by atoms with E-state index in [1.54, 1.807) is 7.11 Å². The molecular formula is C12H19NO. The molecular weight excluding hydrogens is 174 g/mol. The Bertz CT molecular complexity index is 296. The number of rotatable bonds is 4. The van der Waals surface area contributed by atoms with Gasteiger partial charge in [-0.15, -0.1) is 0 Å². The molecule has 0 radical (unpaired) electrons. The van der Waals surface area contributed by atoms with Crippen LogP contribution in [-0.2, 0) is 0 Å². The summed E-state index contributed by atoms with van der Waals surface area (Å²) >= 11 is 0. The summed E-state index contributed by atoms with van der Waals surface area (Å²) in [5.74, 6) is 1.47.